The van der Waals surface area contributed by atoms with Gasteiger partial charge in [-0.05, 0) is 26.7 Å². The molecule has 2 atom stereocenters. The quantitative estimate of drug-likeness (QED) is 0.511. The summed E-state index contributed by atoms with van der Waals surface area (Å²) in [5.41, 5.74) is 0. The van der Waals surface area contributed by atoms with Crippen molar-refractivity contribution in [2.75, 3.05) is 13.2 Å². The van der Waals surface area contributed by atoms with Crippen molar-refractivity contribution < 1.29 is 9.47 Å². The minimum Gasteiger partial charge on any atom is -0.375 e. The SMILES string of the molecule is C1CC2OCCC2O1.CC#CC. The largest absolute Gasteiger partial charge is 0.375 e. The molecule has 0 spiro atoms. The normalized spacial score (nSPS) is 31.2. The van der Waals surface area contributed by atoms with Crippen molar-refractivity contribution in [1.29, 1.82) is 0 Å². The highest BCUT2D eigenvalue weighted by Crippen LogP contribution is 2.25. The molecule has 0 aromatic rings. The molecule has 0 amide bonds. The van der Waals surface area contributed by atoms with Gasteiger partial charge in [0.1, 0.15) is 0 Å². The topological polar surface area (TPSA) is 18.5 Å². The molecule has 2 aliphatic heterocycles. The average Bonchev–Trinajstić information content (AvgIpc) is 2.64. The summed E-state index contributed by atoms with van der Waals surface area (Å²) in [4.78, 5) is 0. The van der Waals surface area contributed by atoms with E-state index >= 15 is 0 Å². The van der Waals surface area contributed by atoms with E-state index in [1.54, 1.807) is 0 Å². The van der Waals surface area contributed by atoms with Gasteiger partial charge in [0.25, 0.3) is 0 Å². The van der Waals surface area contributed by atoms with Gasteiger partial charge in [-0.2, -0.15) is 0 Å². The molecule has 0 aliphatic carbocycles. The third-order valence-electron chi connectivity index (χ3n) is 2.13. The van der Waals surface area contributed by atoms with Gasteiger partial charge in [0, 0.05) is 13.2 Å². The Kier molecular flexibility index (Phi) is 4.13. The van der Waals surface area contributed by atoms with E-state index in [1.807, 2.05) is 13.8 Å². The first-order valence-electron chi connectivity index (χ1n) is 4.45. The molecule has 0 radical (unpaired) electrons. The molecule has 68 valence electrons. The number of fused-ring (bicyclic) bond motifs is 1. The lowest BCUT2D eigenvalue weighted by Gasteiger charge is -2.03. The molecular formula is C10H16O2. The van der Waals surface area contributed by atoms with E-state index in [-0.39, 0.29) is 0 Å². The maximum absolute atomic E-state index is 5.35. The average molecular weight is 168 g/mol. The number of hydrogen-bond donors (Lipinski definition) is 0. The standard InChI is InChI=1S/C6H10O2.C4H6/c1-3-7-6-2-4-8-5(1)6;1-3-4-2/h5-6H,1-4H2;1-2H3. The lowest BCUT2D eigenvalue weighted by molar-refractivity contribution is 0.0732. The van der Waals surface area contributed by atoms with Crippen molar-refractivity contribution in [3.63, 3.8) is 0 Å². The number of rotatable bonds is 0. The van der Waals surface area contributed by atoms with Crippen LogP contribution in [0.2, 0.25) is 0 Å². The van der Waals surface area contributed by atoms with E-state index in [0.717, 1.165) is 26.1 Å². The minimum absolute atomic E-state index is 0.454. The predicted octanol–water partition coefficient (Wildman–Crippen LogP) is 1.59. The molecule has 0 N–H and O–H groups in total. The van der Waals surface area contributed by atoms with Crippen LogP contribution in [0.3, 0.4) is 0 Å². The van der Waals surface area contributed by atoms with Crippen LogP contribution >= 0.6 is 0 Å². The summed E-state index contributed by atoms with van der Waals surface area (Å²) in [6.45, 7) is 5.46. The van der Waals surface area contributed by atoms with Gasteiger partial charge in [0.05, 0.1) is 12.2 Å². The van der Waals surface area contributed by atoms with Gasteiger partial charge >= 0.3 is 0 Å². The molecule has 2 unspecified atom stereocenters. The zero-order valence-corrected chi connectivity index (χ0v) is 7.80. The first-order chi connectivity index (χ1) is 5.88. The van der Waals surface area contributed by atoms with Gasteiger partial charge < -0.3 is 9.47 Å². The van der Waals surface area contributed by atoms with E-state index in [1.165, 1.54) is 0 Å². The second kappa shape index (κ2) is 5.18. The van der Waals surface area contributed by atoms with Gasteiger partial charge in [-0.1, -0.05) is 0 Å². The molecule has 0 bridgehead atoms. The van der Waals surface area contributed by atoms with Crippen LogP contribution in [0, 0.1) is 11.8 Å². The molecule has 2 rings (SSSR count). The summed E-state index contributed by atoms with van der Waals surface area (Å²) < 4.78 is 10.7. The number of hydrogen-bond acceptors (Lipinski definition) is 2. The highest BCUT2D eigenvalue weighted by molar-refractivity contribution is 4.89. The fraction of sp³-hybridized carbons (Fsp3) is 0.800. The van der Waals surface area contributed by atoms with Crippen molar-refractivity contribution in [1.82, 2.24) is 0 Å². The molecule has 2 aliphatic rings. The third kappa shape index (κ3) is 2.51. The molecule has 2 heteroatoms. The first kappa shape index (κ1) is 9.57. The van der Waals surface area contributed by atoms with Crippen molar-refractivity contribution >= 4 is 0 Å². The summed E-state index contributed by atoms with van der Waals surface area (Å²) in [6.07, 6.45) is 3.14. The summed E-state index contributed by atoms with van der Waals surface area (Å²) in [5, 5.41) is 0. The Hall–Kier alpha value is -0.520. The fourth-order valence-corrected chi connectivity index (χ4v) is 1.42. The van der Waals surface area contributed by atoms with E-state index in [2.05, 4.69) is 11.8 Å². The maximum Gasteiger partial charge on any atom is 0.0859 e. The Bertz CT molecular complexity index is 152. The Morgan fingerprint density at radius 1 is 0.917 bits per heavy atom. The van der Waals surface area contributed by atoms with Crippen LogP contribution in [-0.2, 0) is 9.47 Å². The van der Waals surface area contributed by atoms with Crippen LogP contribution in [0.5, 0.6) is 0 Å². The van der Waals surface area contributed by atoms with Crippen LogP contribution < -0.4 is 0 Å². The van der Waals surface area contributed by atoms with Crippen molar-refractivity contribution in [3.05, 3.63) is 0 Å². The van der Waals surface area contributed by atoms with Crippen molar-refractivity contribution in [2.24, 2.45) is 0 Å². The van der Waals surface area contributed by atoms with Gasteiger partial charge in [0.15, 0.2) is 0 Å². The Labute approximate surface area is 74.2 Å². The summed E-state index contributed by atoms with van der Waals surface area (Å²) in [5.74, 6) is 5.36. The summed E-state index contributed by atoms with van der Waals surface area (Å²) >= 11 is 0. The monoisotopic (exact) mass is 168 g/mol. The van der Waals surface area contributed by atoms with E-state index < -0.39 is 0 Å². The van der Waals surface area contributed by atoms with Crippen LogP contribution in [0.1, 0.15) is 26.7 Å². The molecule has 0 aromatic heterocycles. The Morgan fingerprint density at radius 2 is 1.33 bits per heavy atom. The second-order valence-electron chi connectivity index (χ2n) is 2.90. The maximum atomic E-state index is 5.35. The molecule has 0 saturated carbocycles. The molecule has 12 heavy (non-hydrogen) atoms. The van der Waals surface area contributed by atoms with Gasteiger partial charge in [0.2, 0.25) is 0 Å². The van der Waals surface area contributed by atoms with Crippen molar-refractivity contribution in [3.8, 4) is 11.8 Å². The highest BCUT2D eigenvalue weighted by atomic mass is 16.6. The molecule has 2 nitrogen and oxygen atoms in total. The number of ether oxygens (including phenoxy) is 2. The molecule has 2 heterocycles. The van der Waals surface area contributed by atoms with Crippen LogP contribution in [0.4, 0.5) is 0 Å². The smallest absolute Gasteiger partial charge is 0.0859 e. The van der Waals surface area contributed by atoms with Crippen LogP contribution in [-0.4, -0.2) is 25.4 Å². The van der Waals surface area contributed by atoms with Crippen LogP contribution in [0.25, 0.3) is 0 Å². The lowest BCUT2D eigenvalue weighted by Crippen LogP contribution is -2.13. The third-order valence-corrected chi connectivity index (χ3v) is 2.13. The second-order valence-corrected chi connectivity index (χ2v) is 2.90. The Balaban J connectivity index is 0.000000157. The molecule has 2 fully saturated rings. The molecule has 0 aromatic carbocycles. The zero-order chi connectivity index (χ0) is 8.81. The van der Waals surface area contributed by atoms with E-state index in [9.17, 15) is 0 Å². The summed E-state index contributed by atoms with van der Waals surface area (Å²) in [6, 6.07) is 0. The van der Waals surface area contributed by atoms with Gasteiger partial charge in [-0.25, -0.2) is 0 Å². The summed E-state index contributed by atoms with van der Waals surface area (Å²) in [7, 11) is 0. The van der Waals surface area contributed by atoms with Crippen molar-refractivity contribution in [2.45, 2.75) is 38.9 Å². The first-order valence-corrected chi connectivity index (χ1v) is 4.45. The van der Waals surface area contributed by atoms with E-state index in [0.29, 0.717) is 12.2 Å². The van der Waals surface area contributed by atoms with Gasteiger partial charge in [-0.3, -0.25) is 0 Å². The fourth-order valence-electron chi connectivity index (χ4n) is 1.42. The molecule has 2 saturated heterocycles. The highest BCUT2D eigenvalue weighted by Gasteiger charge is 2.33. The van der Waals surface area contributed by atoms with E-state index in [4.69, 9.17) is 9.47 Å². The lowest BCUT2D eigenvalue weighted by atomic mass is 10.2. The predicted molar refractivity (Wildman–Crippen MR) is 47.8 cm³/mol. The molecular weight excluding hydrogens is 152 g/mol. The zero-order valence-electron chi connectivity index (χ0n) is 7.80. The van der Waals surface area contributed by atoms with Crippen LogP contribution in [0.15, 0.2) is 0 Å². The minimum atomic E-state index is 0.454. The Morgan fingerprint density at radius 3 is 1.67 bits per heavy atom. The van der Waals surface area contributed by atoms with Gasteiger partial charge in [-0.15, -0.1) is 11.8 Å².